The number of halogens is 3. The molecule has 158 valence electrons. The number of carbonyl (C=O) groups is 2. The van der Waals surface area contributed by atoms with Crippen LogP contribution in [-0.4, -0.2) is 103 Å². The molecule has 0 spiro atoms. The molecule has 0 unspecified atom stereocenters. The van der Waals surface area contributed by atoms with E-state index in [0.717, 1.165) is 44.2 Å². The molecule has 28 heavy (non-hydrogen) atoms. The molecule has 0 bridgehead atoms. The quantitative estimate of drug-likeness (QED) is 0.791. The number of fused-ring (bicyclic) bond motifs is 1. The molecule has 3 rings (SSSR count). The second-order valence-electron chi connectivity index (χ2n) is 6.81. The van der Waals surface area contributed by atoms with Gasteiger partial charge in [-0.2, -0.15) is 13.2 Å². The number of carboxylic acids is 1. The highest BCUT2D eigenvalue weighted by molar-refractivity contribution is 7.12. The Morgan fingerprint density at radius 2 is 2.04 bits per heavy atom. The third-order valence-electron chi connectivity index (χ3n) is 4.51. The number of carboxylic acid groups (broad SMARTS) is 1. The van der Waals surface area contributed by atoms with Crippen LogP contribution in [0.2, 0.25) is 0 Å². The summed E-state index contributed by atoms with van der Waals surface area (Å²) in [5.74, 6) is -2.61. The van der Waals surface area contributed by atoms with Gasteiger partial charge in [0.1, 0.15) is 0 Å². The summed E-state index contributed by atoms with van der Waals surface area (Å²) in [6, 6.07) is 4.18. The largest absolute Gasteiger partial charge is 0.490 e. The van der Waals surface area contributed by atoms with Gasteiger partial charge in [0.15, 0.2) is 0 Å². The van der Waals surface area contributed by atoms with E-state index >= 15 is 0 Å². The van der Waals surface area contributed by atoms with Crippen molar-refractivity contribution in [1.82, 2.24) is 14.7 Å². The van der Waals surface area contributed by atoms with E-state index in [-0.39, 0.29) is 12.0 Å². The van der Waals surface area contributed by atoms with Gasteiger partial charge < -0.3 is 19.6 Å². The molecule has 3 heterocycles. The number of nitrogens with zero attached hydrogens (tertiary/aromatic N) is 3. The van der Waals surface area contributed by atoms with Crippen LogP contribution >= 0.6 is 11.3 Å². The Hall–Kier alpha value is -1.69. The molecule has 0 radical (unpaired) electrons. The summed E-state index contributed by atoms with van der Waals surface area (Å²) < 4.78 is 37.6. The average molecular weight is 423 g/mol. The predicted molar refractivity (Wildman–Crippen MR) is 97.6 cm³/mol. The molecule has 2 aliphatic heterocycles. The molecule has 7 nitrogen and oxygen atoms in total. The van der Waals surface area contributed by atoms with Gasteiger partial charge in [-0.05, 0) is 25.5 Å². The fourth-order valence-corrected chi connectivity index (χ4v) is 3.78. The number of amides is 1. The van der Waals surface area contributed by atoms with Crippen LogP contribution in [0.3, 0.4) is 0 Å². The van der Waals surface area contributed by atoms with Crippen molar-refractivity contribution in [2.45, 2.75) is 18.3 Å². The minimum absolute atomic E-state index is 0.149. The summed E-state index contributed by atoms with van der Waals surface area (Å²) in [6.45, 7) is 5.33. The van der Waals surface area contributed by atoms with E-state index in [1.165, 1.54) is 11.3 Å². The van der Waals surface area contributed by atoms with Crippen molar-refractivity contribution in [2.24, 2.45) is 0 Å². The van der Waals surface area contributed by atoms with E-state index in [9.17, 15) is 18.0 Å². The van der Waals surface area contributed by atoms with Crippen LogP contribution in [0.25, 0.3) is 0 Å². The fraction of sp³-hybridized carbons (Fsp3) is 0.647. The maximum Gasteiger partial charge on any atom is 0.490 e. The number of aliphatic carboxylic acids is 1. The minimum Gasteiger partial charge on any atom is -0.475 e. The van der Waals surface area contributed by atoms with Crippen molar-refractivity contribution < 1.29 is 32.6 Å². The molecule has 0 aliphatic carbocycles. The zero-order valence-corrected chi connectivity index (χ0v) is 16.5. The normalized spacial score (nSPS) is 22.6. The monoisotopic (exact) mass is 423 g/mol. The second-order valence-corrected chi connectivity index (χ2v) is 7.75. The SMILES string of the molecule is CN(C)CCN1CCO[C@H]2CN(C(=O)c3cccs3)C[C@H]21.O=C(O)C(F)(F)F. The Kier molecular flexibility index (Phi) is 7.81. The molecular formula is C17H24F3N3O4S. The number of likely N-dealkylation sites (N-methyl/N-ethyl adjacent to an activating group) is 1. The molecule has 1 aromatic rings. The van der Waals surface area contributed by atoms with Crippen molar-refractivity contribution in [3.8, 4) is 0 Å². The van der Waals surface area contributed by atoms with Crippen molar-refractivity contribution >= 4 is 23.2 Å². The molecule has 0 aromatic carbocycles. The van der Waals surface area contributed by atoms with Crippen molar-refractivity contribution in [3.63, 3.8) is 0 Å². The van der Waals surface area contributed by atoms with Gasteiger partial charge in [0, 0.05) is 32.7 Å². The summed E-state index contributed by atoms with van der Waals surface area (Å²) >= 11 is 1.51. The molecule has 1 aromatic heterocycles. The van der Waals surface area contributed by atoms with Crippen LogP contribution in [0.4, 0.5) is 13.2 Å². The van der Waals surface area contributed by atoms with E-state index in [1.54, 1.807) is 0 Å². The first-order chi connectivity index (χ1) is 13.1. The maximum absolute atomic E-state index is 12.5. The summed E-state index contributed by atoms with van der Waals surface area (Å²) in [5.41, 5.74) is 0. The summed E-state index contributed by atoms with van der Waals surface area (Å²) in [6.07, 6.45) is -4.91. The van der Waals surface area contributed by atoms with Gasteiger partial charge in [-0.25, -0.2) is 4.79 Å². The Balaban J connectivity index is 0.000000345. The van der Waals surface area contributed by atoms with Crippen molar-refractivity contribution in [2.75, 3.05) is 53.4 Å². The number of likely N-dealkylation sites (tertiary alicyclic amines) is 1. The van der Waals surface area contributed by atoms with Crippen molar-refractivity contribution in [1.29, 1.82) is 0 Å². The number of morpholine rings is 1. The molecule has 2 saturated heterocycles. The second kappa shape index (κ2) is 9.68. The Bertz CT molecular complexity index is 655. The number of hydrogen-bond acceptors (Lipinski definition) is 6. The highest BCUT2D eigenvalue weighted by Crippen LogP contribution is 2.25. The maximum atomic E-state index is 12.5. The molecule has 1 N–H and O–H groups in total. The number of thiophene rings is 1. The van der Waals surface area contributed by atoms with E-state index in [0.29, 0.717) is 6.04 Å². The lowest BCUT2D eigenvalue weighted by molar-refractivity contribution is -0.192. The number of alkyl halides is 3. The molecule has 0 saturated carbocycles. The first-order valence-electron chi connectivity index (χ1n) is 8.73. The van der Waals surface area contributed by atoms with E-state index in [2.05, 4.69) is 23.9 Å². The first kappa shape index (κ1) is 22.6. The van der Waals surface area contributed by atoms with Crippen LogP contribution in [0.1, 0.15) is 9.67 Å². The van der Waals surface area contributed by atoms with Gasteiger partial charge in [-0.1, -0.05) is 6.07 Å². The minimum atomic E-state index is -5.08. The molecule has 2 fully saturated rings. The van der Waals surface area contributed by atoms with Gasteiger partial charge in [-0.3, -0.25) is 9.69 Å². The van der Waals surface area contributed by atoms with Gasteiger partial charge in [-0.15, -0.1) is 11.3 Å². The smallest absolute Gasteiger partial charge is 0.475 e. The lowest BCUT2D eigenvalue weighted by atomic mass is 10.1. The highest BCUT2D eigenvalue weighted by Gasteiger charge is 2.42. The standard InChI is InChI=1S/C15H23N3O2S.C2HF3O2/c1-16(2)5-6-17-7-8-20-13-11-18(10-12(13)17)15(19)14-4-3-9-21-14;3-2(4,5)1(6)7/h3-4,9,12-13H,5-8,10-11H2,1-2H3;(H,6,7)/t12-,13+;/m1./s1. The van der Waals surface area contributed by atoms with E-state index in [4.69, 9.17) is 14.6 Å². The lowest BCUT2D eigenvalue weighted by Crippen LogP contribution is -2.52. The zero-order valence-electron chi connectivity index (χ0n) is 15.7. The molecular weight excluding hydrogens is 399 g/mol. The summed E-state index contributed by atoms with van der Waals surface area (Å²) in [7, 11) is 4.19. The van der Waals surface area contributed by atoms with Gasteiger partial charge in [0.2, 0.25) is 0 Å². The third-order valence-corrected chi connectivity index (χ3v) is 5.37. The molecule has 11 heteroatoms. The van der Waals surface area contributed by atoms with Gasteiger partial charge in [0.25, 0.3) is 5.91 Å². The number of ether oxygens (including phenoxy) is 1. The Morgan fingerprint density at radius 1 is 1.36 bits per heavy atom. The van der Waals surface area contributed by atoms with Gasteiger partial charge >= 0.3 is 12.1 Å². The number of carbonyl (C=O) groups excluding carboxylic acids is 1. The van der Waals surface area contributed by atoms with Crippen molar-refractivity contribution in [3.05, 3.63) is 22.4 Å². The van der Waals surface area contributed by atoms with Crippen LogP contribution in [-0.2, 0) is 9.53 Å². The van der Waals surface area contributed by atoms with Gasteiger partial charge in [0.05, 0.1) is 23.6 Å². The fourth-order valence-electron chi connectivity index (χ4n) is 3.09. The zero-order chi connectivity index (χ0) is 20.9. The van der Waals surface area contributed by atoms with Crippen LogP contribution in [0.5, 0.6) is 0 Å². The topological polar surface area (TPSA) is 73.3 Å². The first-order valence-corrected chi connectivity index (χ1v) is 9.61. The molecule has 1 amide bonds. The number of rotatable bonds is 4. The van der Waals surface area contributed by atoms with Crippen LogP contribution < -0.4 is 0 Å². The molecule has 2 atom stereocenters. The van der Waals surface area contributed by atoms with E-state index < -0.39 is 12.1 Å². The van der Waals surface area contributed by atoms with Crippen LogP contribution in [0, 0.1) is 0 Å². The third kappa shape index (κ3) is 6.16. The van der Waals surface area contributed by atoms with E-state index in [1.807, 2.05) is 22.4 Å². The summed E-state index contributed by atoms with van der Waals surface area (Å²) in [5, 5.41) is 9.08. The number of hydrogen-bond donors (Lipinski definition) is 1. The average Bonchev–Trinajstić information content (AvgIpc) is 3.28. The van der Waals surface area contributed by atoms with Crippen LogP contribution in [0.15, 0.2) is 17.5 Å². The molecule has 2 aliphatic rings. The highest BCUT2D eigenvalue weighted by atomic mass is 32.1. The Morgan fingerprint density at radius 3 is 2.57 bits per heavy atom. The lowest BCUT2D eigenvalue weighted by Gasteiger charge is -2.37. The predicted octanol–water partition coefficient (Wildman–Crippen LogP) is 1.47. The summed E-state index contributed by atoms with van der Waals surface area (Å²) in [4.78, 5) is 28.8. The Labute approximate surface area is 165 Å².